The molecule has 0 aromatic heterocycles. The number of ether oxygens (including phenoxy) is 1. The van der Waals surface area contributed by atoms with Gasteiger partial charge in [0.1, 0.15) is 0 Å². The molecule has 2 nitrogen and oxygen atoms in total. The Morgan fingerprint density at radius 3 is 2.43 bits per heavy atom. The molecule has 0 aliphatic carbocycles. The van der Waals surface area contributed by atoms with Crippen molar-refractivity contribution in [2.24, 2.45) is 0 Å². The molecular formula is C9H13Cl3O2. The molecule has 0 aliphatic heterocycles. The van der Waals surface area contributed by atoms with Crippen molar-refractivity contribution in [1.29, 1.82) is 0 Å². The molecule has 0 bridgehead atoms. The van der Waals surface area contributed by atoms with Crippen LogP contribution in [0.4, 0.5) is 0 Å². The van der Waals surface area contributed by atoms with Crippen LogP contribution in [0.15, 0.2) is 11.8 Å². The first-order chi connectivity index (χ1) is 6.39. The smallest absolute Gasteiger partial charge is 0.253 e. The molecule has 82 valence electrons. The number of unbranched alkanes of at least 4 members (excludes halogenated alkanes) is 1. The van der Waals surface area contributed by atoms with E-state index in [4.69, 9.17) is 39.5 Å². The third-order valence-electron chi connectivity index (χ3n) is 1.49. The summed E-state index contributed by atoms with van der Waals surface area (Å²) in [5, 5.41) is 0. The first kappa shape index (κ1) is 14.1. The zero-order chi connectivity index (χ0) is 11.2. The second kappa shape index (κ2) is 6.54. The molecule has 5 heteroatoms. The van der Waals surface area contributed by atoms with Gasteiger partial charge < -0.3 is 4.74 Å². The summed E-state index contributed by atoms with van der Waals surface area (Å²) in [4.78, 5) is 11.3. The number of allylic oxidation sites excluding steroid dienone is 1. The number of halogens is 3. The average Bonchev–Trinajstić information content (AvgIpc) is 2.09. The monoisotopic (exact) mass is 258 g/mol. The van der Waals surface area contributed by atoms with E-state index < -0.39 is 9.58 Å². The summed E-state index contributed by atoms with van der Waals surface area (Å²) < 4.78 is 3.20. The topological polar surface area (TPSA) is 26.3 Å². The molecule has 0 aromatic carbocycles. The number of rotatable bonds is 5. The average molecular weight is 260 g/mol. The minimum atomic E-state index is -1.89. The Labute approximate surface area is 99.2 Å². The second-order valence-electron chi connectivity index (χ2n) is 2.85. The first-order valence-corrected chi connectivity index (χ1v) is 5.43. The van der Waals surface area contributed by atoms with Gasteiger partial charge in [-0.1, -0.05) is 48.1 Å². The van der Waals surface area contributed by atoms with Crippen LogP contribution in [0.3, 0.4) is 0 Å². The van der Waals surface area contributed by atoms with Gasteiger partial charge in [0, 0.05) is 5.57 Å². The molecule has 0 aliphatic rings. The van der Waals surface area contributed by atoms with Crippen molar-refractivity contribution in [2.75, 3.05) is 6.61 Å². The standard InChI is InChI=1S/C9H13Cl3O2/c1-3-4-5-14-6-7(2)8(13)9(10,11)12/h6H,3-5H2,1-2H3/b7-6+. The van der Waals surface area contributed by atoms with E-state index in [0.717, 1.165) is 12.8 Å². The van der Waals surface area contributed by atoms with Crippen molar-refractivity contribution >= 4 is 40.6 Å². The van der Waals surface area contributed by atoms with Crippen molar-refractivity contribution in [3.05, 3.63) is 11.8 Å². The van der Waals surface area contributed by atoms with Crippen molar-refractivity contribution in [2.45, 2.75) is 30.5 Å². The number of ketones is 1. The van der Waals surface area contributed by atoms with E-state index in [-0.39, 0.29) is 0 Å². The third-order valence-corrected chi connectivity index (χ3v) is 2.01. The molecule has 0 atom stereocenters. The molecule has 14 heavy (non-hydrogen) atoms. The molecule has 0 spiro atoms. The summed E-state index contributed by atoms with van der Waals surface area (Å²) in [6.45, 7) is 4.17. The lowest BCUT2D eigenvalue weighted by Crippen LogP contribution is -2.19. The first-order valence-electron chi connectivity index (χ1n) is 4.29. The fourth-order valence-electron chi connectivity index (χ4n) is 0.689. The predicted molar refractivity (Wildman–Crippen MR) is 59.9 cm³/mol. The Hall–Kier alpha value is 0.0800. The molecule has 0 unspecified atom stereocenters. The summed E-state index contributed by atoms with van der Waals surface area (Å²) >= 11 is 16.2. The Bertz CT molecular complexity index is 219. The number of alkyl halides is 3. The lowest BCUT2D eigenvalue weighted by molar-refractivity contribution is -0.114. The molecule has 0 saturated heterocycles. The lowest BCUT2D eigenvalue weighted by atomic mass is 10.2. The summed E-state index contributed by atoms with van der Waals surface area (Å²) in [6.07, 6.45) is 3.30. The van der Waals surface area contributed by atoms with E-state index in [0.29, 0.717) is 12.2 Å². The molecule has 0 heterocycles. The number of Topliss-reactive ketones (excluding diaryl/α,β-unsaturated/α-hetero) is 1. The van der Waals surface area contributed by atoms with Crippen LogP contribution in [-0.4, -0.2) is 16.2 Å². The number of hydrogen-bond donors (Lipinski definition) is 0. The van der Waals surface area contributed by atoms with Gasteiger partial charge in [0.15, 0.2) is 0 Å². The van der Waals surface area contributed by atoms with Crippen LogP contribution in [0.25, 0.3) is 0 Å². The highest BCUT2D eigenvalue weighted by Crippen LogP contribution is 2.29. The van der Waals surface area contributed by atoms with Crippen LogP contribution < -0.4 is 0 Å². The molecule has 0 radical (unpaired) electrons. The molecule has 0 aromatic rings. The van der Waals surface area contributed by atoms with Gasteiger partial charge in [0.2, 0.25) is 5.78 Å². The maximum atomic E-state index is 11.3. The van der Waals surface area contributed by atoms with Crippen molar-refractivity contribution < 1.29 is 9.53 Å². The zero-order valence-corrected chi connectivity index (χ0v) is 10.4. The van der Waals surface area contributed by atoms with Gasteiger partial charge >= 0.3 is 0 Å². The largest absolute Gasteiger partial charge is 0.501 e. The summed E-state index contributed by atoms with van der Waals surface area (Å²) in [5.41, 5.74) is 0.307. The predicted octanol–water partition coefficient (Wildman–Crippen LogP) is 3.65. The Morgan fingerprint density at radius 2 is 2.00 bits per heavy atom. The maximum Gasteiger partial charge on any atom is 0.253 e. The van der Waals surface area contributed by atoms with E-state index in [2.05, 4.69) is 0 Å². The number of hydrogen-bond acceptors (Lipinski definition) is 2. The minimum absolute atomic E-state index is 0.307. The molecular weight excluding hydrogens is 246 g/mol. The summed E-state index contributed by atoms with van der Waals surface area (Å²) in [6, 6.07) is 0. The number of carbonyl (C=O) groups is 1. The number of carbonyl (C=O) groups excluding carboxylic acids is 1. The van der Waals surface area contributed by atoms with Crippen LogP contribution in [0.1, 0.15) is 26.7 Å². The van der Waals surface area contributed by atoms with Gasteiger partial charge in [0.05, 0.1) is 12.9 Å². The summed E-state index contributed by atoms with van der Waals surface area (Å²) in [7, 11) is 0. The normalized spacial score (nSPS) is 12.8. The fourth-order valence-corrected chi connectivity index (χ4v) is 1.14. The Balaban J connectivity index is 4.05. The molecule has 0 amide bonds. The Morgan fingerprint density at radius 1 is 1.43 bits per heavy atom. The maximum absolute atomic E-state index is 11.3. The van der Waals surface area contributed by atoms with Crippen molar-refractivity contribution in [1.82, 2.24) is 0 Å². The van der Waals surface area contributed by atoms with Crippen LogP contribution in [-0.2, 0) is 9.53 Å². The van der Waals surface area contributed by atoms with Crippen molar-refractivity contribution in [3.8, 4) is 0 Å². The lowest BCUT2D eigenvalue weighted by Gasteiger charge is -2.09. The second-order valence-corrected chi connectivity index (χ2v) is 5.13. The van der Waals surface area contributed by atoms with Crippen LogP contribution in [0, 0.1) is 0 Å². The third kappa shape index (κ3) is 5.74. The quantitative estimate of drug-likeness (QED) is 0.326. The highest BCUT2D eigenvalue weighted by Gasteiger charge is 2.31. The van der Waals surface area contributed by atoms with Gasteiger partial charge in [-0.2, -0.15) is 0 Å². The van der Waals surface area contributed by atoms with Gasteiger partial charge in [-0.25, -0.2) is 0 Å². The molecule has 0 N–H and O–H groups in total. The van der Waals surface area contributed by atoms with E-state index in [1.807, 2.05) is 6.92 Å². The van der Waals surface area contributed by atoms with E-state index in [1.165, 1.54) is 6.26 Å². The Kier molecular flexibility index (Phi) is 6.58. The van der Waals surface area contributed by atoms with Gasteiger partial charge in [-0.15, -0.1) is 0 Å². The van der Waals surface area contributed by atoms with Crippen LogP contribution >= 0.6 is 34.8 Å². The van der Waals surface area contributed by atoms with Crippen LogP contribution in [0.2, 0.25) is 0 Å². The van der Waals surface area contributed by atoms with Gasteiger partial charge in [-0.3, -0.25) is 4.79 Å². The summed E-state index contributed by atoms with van der Waals surface area (Å²) in [5.74, 6) is -0.556. The molecule has 0 fully saturated rings. The molecule has 0 rings (SSSR count). The van der Waals surface area contributed by atoms with Crippen LogP contribution in [0.5, 0.6) is 0 Å². The van der Waals surface area contributed by atoms with Gasteiger partial charge in [-0.05, 0) is 13.3 Å². The minimum Gasteiger partial charge on any atom is -0.501 e. The fraction of sp³-hybridized carbons (Fsp3) is 0.667. The SMILES string of the molecule is CCCCO/C=C(\C)C(=O)C(Cl)(Cl)Cl. The van der Waals surface area contributed by atoms with E-state index in [1.54, 1.807) is 6.92 Å². The van der Waals surface area contributed by atoms with Gasteiger partial charge in [0.25, 0.3) is 3.79 Å². The van der Waals surface area contributed by atoms with E-state index >= 15 is 0 Å². The van der Waals surface area contributed by atoms with E-state index in [9.17, 15) is 4.79 Å². The zero-order valence-electron chi connectivity index (χ0n) is 8.15. The van der Waals surface area contributed by atoms with Crippen molar-refractivity contribution in [3.63, 3.8) is 0 Å². The highest BCUT2D eigenvalue weighted by atomic mass is 35.6. The highest BCUT2D eigenvalue weighted by molar-refractivity contribution is 6.77. The molecule has 0 saturated carbocycles.